The summed E-state index contributed by atoms with van der Waals surface area (Å²) in [5.41, 5.74) is 6.48. The van der Waals surface area contributed by atoms with Crippen LogP contribution in [-0.2, 0) is 0 Å². The SMILES string of the molecule is CCN(c1ccc(N)c(C#N)n1)C1CCCC1. The molecule has 0 atom stereocenters. The van der Waals surface area contributed by atoms with E-state index < -0.39 is 0 Å². The van der Waals surface area contributed by atoms with Crippen molar-refractivity contribution in [2.45, 2.75) is 38.6 Å². The molecule has 1 fully saturated rings. The topological polar surface area (TPSA) is 65.9 Å². The Morgan fingerprint density at radius 1 is 1.47 bits per heavy atom. The fraction of sp³-hybridized carbons (Fsp3) is 0.538. The van der Waals surface area contributed by atoms with E-state index in [9.17, 15) is 0 Å². The maximum Gasteiger partial charge on any atom is 0.165 e. The standard InChI is InChI=1S/C13H18N4/c1-2-17(10-5-3-4-6-10)13-8-7-11(15)12(9-14)16-13/h7-8,10H,2-6,15H2,1H3. The highest BCUT2D eigenvalue weighted by molar-refractivity contribution is 5.55. The first-order valence-electron chi connectivity index (χ1n) is 6.19. The number of nitrogens with zero attached hydrogens (tertiary/aromatic N) is 3. The minimum absolute atomic E-state index is 0.332. The lowest BCUT2D eigenvalue weighted by Crippen LogP contribution is -2.33. The Bertz CT molecular complexity index is 430. The van der Waals surface area contributed by atoms with Crippen LogP contribution in [0.1, 0.15) is 38.3 Å². The molecule has 1 aliphatic rings. The van der Waals surface area contributed by atoms with E-state index in [1.807, 2.05) is 12.1 Å². The van der Waals surface area contributed by atoms with Crippen molar-refractivity contribution in [2.75, 3.05) is 17.2 Å². The van der Waals surface area contributed by atoms with Crippen LogP contribution in [0.5, 0.6) is 0 Å². The van der Waals surface area contributed by atoms with Crippen LogP contribution in [0.15, 0.2) is 12.1 Å². The van der Waals surface area contributed by atoms with Crippen molar-refractivity contribution in [3.63, 3.8) is 0 Å². The van der Waals surface area contributed by atoms with E-state index in [0.29, 0.717) is 17.4 Å². The van der Waals surface area contributed by atoms with Gasteiger partial charge in [0.05, 0.1) is 5.69 Å². The van der Waals surface area contributed by atoms with Crippen LogP contribution in [0.2, 0.25) is 0 Å². The first-order valence-corrected chi connectivity index (χ1v) is 6.19. The predicted octanol–water partition coefficient (Wildman–Crippen LogP) is 2.30. The zero-order valence-corrected chi connectivity index (χ0v) is 10.2. The Kier molecular flexibility index (Phi) is 3.48. The average Bonchev–Trinajstić information content (AvgIpc) is 2.86. The van der Waals surface area contributed by atoms with Gasteiger partial charge < -0.3 is 10.6 Å². The Balaban J connectivity index is 2.27. The van der Waals surface area contributed by atoms with E-state index in [1.165, 1.54) is 25.7 Å². The first kappa shape index (κ1) is 11.7. The predicted molar refractivity (Wildman–Crippen MR) is 68.6 cm³/mol. The minimum Gasteiger partial charge on any atom is -0.396 e. The van der Waals surface area contributed by atoms with Gasteiger partial charge >= 0.3 is 0 Å². The van der Waals surface area contributed by atoms with Gasteiger partial charge in [0, 0.05) is 12.6 Å². The molecule has 17 heavy (non-hydrogen) atoms. The summed E-state index contributed by atoms with van der Waals surface area (Å²) in [6, 6.07) is 6.31. The number of rotatable bonds is 3. The summed E-state index contributed by atoms with van der Waals surface area (Å²) in [5, 5.41) is 8.95. The summed E-state index contributed by atoms with van der Waals surface area (Å²) >= 11 is 0. The van der Waals surface area contributed by atoms with Crippen molar-refractivity contribution in [3.8, 4) is 6.07 Å². The second-order valence-corrected chi connectivity index (χ2v) is 4.44. The van der Waals surface area contributed by atoms with Gasteiger partial charge in [-0.05, 0) is 31.9 Å². The second-order valence-electron chi connectivity index (χ2n) is 4.44. The summed E-state index contributed by atoms with van der Waals surface area (Å²) in [6.07, 6.45) is 5.03. The zero-order valence-electron chi connectivity index (χ0n) is 10.2. The van der Waals surface area contributed by atoms with Gasteiger partial charge in [0.25, 0.3) is 0 Å². The smallest absolute Gasteiger partial charge is 0.165 e. The molecule has 1 aromatic rings. The Labute approximate surface area is 102 Å². The fourth-order valence-corrected chi connectivity index (χ4v) is 2.53. The normalized spacial score (nSPS) is 15.8. The molecule has 0 radical (unpaired) electrons. The van der Waals surface area contributed by atoms with Crippen LogP contribution < -0.4 is 10.6 Å². The third-order valence-electron chi connectivity index (χ3n) is 3.42. The monoisotopic (exact) mass is 230 g/mol. The molecule has 2 rings (SSSR count). The number of nitriles is 1. The Morgan fingerprint density at radius 3 is 2.76 bits per heavy atom. The average molecular weight is 230 g/mol. The number of hydrogen-bond donors (Lipinski definition) is 1. The van der Waals surface area contributed by atoms with Gasteiger partial charge in [0.2, 0.25) is 0 Å². The van der Waals surface area contributed by atoms with Crippen LogP contribution in [0, 0.1) is 11.3 Å². The van der Waals surface area contributed by atoms with E-state index in [4.69, 9.17) is 11.0 Å². The molecule has 0 aliphatic heterocycles. The number of aromatic nitrogens is 1. The zero-order chi connectivity index (χ0) is 12.3. The largest absolute Gasteiger partial charge is 0.396 e. The van der Waals surface area contributed by atoms with E-state index in [0.717, 1.165) is 12.4 Å². The van der Waals surface area contributed by atoms with Crippen molar-refractivity contribution in [2.24, 2.45) is 0 Å². The van der Waals surface area contributed by atoms with Crippen LogP contribution in [0.3, 0.4) is 0 Å². The van der Waals surface area contributed by atoms with E-state index in [-0.39, 0.29) is 0 Å². The molecule has 90 valence electrons. The fourth-order valence-electron chi connectivity index (χ4n) is 2.53. The van der Waals surface area contributed by atoms with Crippen molar-refractivity contribution in [1.29, 1.82) is 5.26 Å². The van der Waals surface area contributed by atoms with Gasteiger partial charge in [-0.3, -0.25) is 0 Å². The molecular formula is C13H18N4. The molecule has 4 nitrogen and oxygen atoms in total. The molecule has 1 heterocycles. The lowest BCUT2D eigenvalue weighted by atomic mass is 10.2. The lowest BCUT2D eigenvalue weighted by molar-refractivity contribution is 0.613. The van der Waals surface area contributed by atoms with Crippen LogP contribution in [-0.4, -0.2) is 17.6 Å². The second kappa shape index (κ2) is 5.05. The lowest BCUT2D eigenvalue weighted by Gasteiger charge is -2.28. The highest BCUT2D eigenvalue weighted by Gasteiger charge is 2.22. The van der Waals surface area contributed by atoms with Gasteiger partial charge in [0.1, 0.15) is 11.9 Å². The van der Waals surface area contributed by atoms with E-state index in [1.54, 1.807) is 6.07 Å². The molecule has 1 aromatic heterocycles. The molecule has 0 aromatic carbocycles. The van der Waals surface area contributed by atoms with Gasteiger partial charge in [0.15, 0.2) is 5.69 Å². The van der Waals surface area contributed by atoms with Gasteiger partial charge in [-0.15, -0.1) is 0 Å². The van der Waals surface area contributed by atoms with Gasteiger partial charge in [-0.2, -0.15) is 5.26 Å². The van der Waals surface area contributed by atoms with E-state index in [2.05, 4.69) is 16.8 Å². The molecule has 1 aliphatic carbocycles. The molecule has 0 saturated heterocycles. The maximum absolute atomic E-state index is 8.95. The number of hydrogen-bond acceptors (Lipinski definition) is 4. The van der Waals surface area contributed by atoms with E-state index >= 15 is 0 Å². The third-order valence-corrected chi connectivity index (χ3v) is 3.42. The van der Waals surface area contributed by atoms with Crippen molar-refractivity contribution in [1.82, 2.24) is 4.98 Å². The Hall–Kier alpha value is -1.76. The molecule has 0 amide bonds. The minimum atomic E-state index is 0.332. The Morgan fingerprint density at radius 2 is 2.18 bits per heavy atom. The molecule has 4 heteroatoms. The van der Waals surface area contributed by atoms with Crippen molar-refractivity contribution >= 4 is 11.5 Å². The highest BCUT2D eigenvalue weighted by Crippen LogP contribution is 2.27. The molecule has 0 spiro atoms. The summed E-state index contributed by atoms with van der Waals surface area (Å²) in [4.78, 5) is 6.63. The van der Waals surface area contributed by atoms with Crippen LogP contribution in [0.25, 0.3) is 0 Å². The van der Waals surface area contributed by atoms with Crippen LogP contribution in [0.4, 0.5) is 11.5 Å². The van der Waals surface area contributed by atoms with Crippen molar-refractivity contribution in [3.05, 3.63) is 17.8 Å². The number of pyridine rings is 1. The molecule has 0 unspecified atom stereocenters. The summed E-state index contributed by atoms with van der Waals surface area (Å²) in [7, 11) is 0. The first-order chi connectivity index (χ1) is 8.26. The summed E-state index contributed by atoms with van der Waals surface area (Å²) in [5.74, 6) is 0.880. The molecule has 0 bridgehead atoms. The highest BCUT2D eigenvalue weighted by atomic mass is 15.2. The van der Waals surface area contributed by atoms with Gasteiger partial charge in [-0.1, -0.05) is 12.8 Å². The van der Waals surface area contributed by atoms with Crippen LogP contribution >= 0.6 is 0 Å². The number of nitrogens with two attached hydrogens (primary N) is 1. The summed E-state index contributed by atoms with van der Waals surface area (Å²) in [6.45, 7) is 3.05. The maximum atomic E-state index is 8.95. The molecular weight excluding hydrogens is 212 g/mol. The van der Waals surface area contributed by atoms with Crippen molar-refractivity contribution < 1.29 is 0 Å². The quantitative estimate of drug-likeness (QED) is 0.865. The molecule has 2 N–H and O–H groups in total. The third kappa shape index (κ3) is 2.33. The number of anilines is 2. The number of nitrogen functional groups attached to an aromatic ring is 1. The van der Waals surface area contributed by atoms with Gasteiger partial charge in [-0.25, -0.2) is 4.98 Å². The summed E-state index contributed by atoms with van der Waals surface area (Å²) < 4.78 is 0. The molecule has 1 saturated carbocycles.